The quantitative estimate of drug-likeness (QED) is 0.342. The first kappa shape index (κ1) is 12.7. The van der Waals surface area contributed by atoms with Crippen LogP contribution >= 0.6 is 0 Å². The summed E-state index contributed by atoms with van der Waals surface area (Å²) >= 11 is 0. The molecule has 0 aliphatic heterocycles. The Balaban J connectivity index is 2.90. The molecule has 0 N–H and O–H groups in total. The fraction of sp³-hybridized carbons (Fsp3) is 0.154. The van der Waals surface area contributed by atoms with Crippen molar-refractivity contribution in [3.63, 3.8) is 0 Å². The fourth-order valence-corrected chi connectivity index (χ4v) is 1.10. The third-order valence-electron chi connectivity index (χ3n) is 1.87. The molecule has 4 heteroatoms. The maximum absolute atomic E-state index is 11.6. The van der Waals surface area contributed by atoms with E-state index in [1.165, 1.54) is 12.4 Å². The Labute approximate surface area is 101 Å². The lowest BCUT2D eigenvalue weighted by Crippen LogP contribution is -2.10. The zero-order valence-corrected chi connectivity index (χ0v) is 9.79. The van der Waals surface area contributed by atoms with Crippen LogP contribution in [0.5, 0.6) is 0 Å². The van der Waals surface area contributed by atoms with Crippen molar-refractivity contribution < 1.29 is 4.79 Å². The smallest absolute Gasteiger partial charge is 0.289 e. The topological polar surface area (TPSA) is 56.5 Å². The number of carbonyl (C=O) groups is 1. The Kier molecular flexibility index (Phi) is 4.64. The van der Waals surface area contributed by atoms with Crippen LogP contribution in [0.25, 0.3) is 6.08 Å². The lowest BCUT2D eigenvalue weighted by molar-refractivity contribution is -0.113. The highest BCUT2D eigenvalue weighted by molar-refractivity contribution is 6.04. The van der Waals surface area contributed by atoms with Gasteiger partial charge in [0.15, 0.2) is 0 Å². The van der Waals surface area contributed by atoms with Gasteiger partial charge in [0.05, 0.1) is 6.34 Å². The second kappa shape index (κ2) is 6.23. The van der Waals surface area contributed by atoms with E-state index in [1.807, 2.05) is 36.4 Å². The third-order valence-corrected chi connectivity index (χ3v) is 1.87. The maximum Gasteiger partial charge on any atom is 0.289 e. The molecule has 0 spiro atoms. The van der Waals surface area contributed by atoms with Gasteiger partial charge in [-0.1, -0.05) is 30.3 Å². The van der Waals surface area contributed by atoms with E-state index in [0.29, 0.717) is 0 Å². The van der Waals surface area contributed by atoms with Crippen LogP contribution in [0.15, 0.2) is 40.9 Å². The predicted octanol–water partition coefficient (Wildman–Crippen LogP) is 1.71. The molecule has 86 valence electrons. The Morgan fingerprint density at radius 2 is 2.00 bits per heavy atom. The van der Waals surface area contributed by atoms with Crippen molar-refractivity contribution in [2.75, 3.05) is 14.1 Å². The lowest BCUT2D eigenvalue weighted by Gasteiger charge is -2.01. The molecule has 1 aromatic carbocycles. The molecule has 1 rings (SSSR count). The van der Waals surface area contributed by atoms with Gasteiger partial charge < -0.3 is 4.90 Å². The molecular weight excluding hydrogens is 214 g/mol. The van der Waals surface area contributed by atoms with Crippen LogP contribution in [0, 0.1) is 11.3 Å². The largest absolute Gasteiger partial charge is 0.369 e. The lowest BCUT2D eigenvalue weighted by atomic mass is 10.1. The minimum absolute atomic E-state index is 0.0225. The third kappa shape index (κ3) is 4.31. The van der Waals surface area contributed by atoms with Crippen molar-refractivity contribution in [2.45, 2.75) is 0 Å². The predicted molar refractivity (Wildman–Crippen MR) is 67.2 cm³/mol. The highest BCUT2D eigenvalue weighted by atomic mass is 16.1. The summed E-state index contributed by atoms with van der Waals surface area (Å²) in [4.78, 5) is 16.9. The van der Waals surface area contributed by atoms with Crippen LogP contribution in [0.1, 0.15) is 5.56 Å². The van der Waals surface area contributed by atoms with Gasteiger partial charge in [-0.3, -0.25) is 4.79 Å². The van der Waals surface area contributed by atoms with Crippen molar-refractivity contribution in [1.29, 1.82) is 5.26 Å². The molecule has 0 aromatic heterocycles. The second-order valence-corrected chi connectivity index (χ2v) is 3.59. The number of benzene rings is 1. The maximum atomic E-state index is 11.6. The van der Waals surface area contributed by atoms with Crippen LogP contribution in [0.2, 0.25) is 0 Å². The SMILES string of the molecule is CN(C)C=NC(=O)C(C#N)=Cc1ccccc1. The Morgan fingerprint density at radius 1 is 1.35 bits per heavy atom. The first-order valence-electron chi connectivity index (χ1n) is 5.05. The summed E-state index contributed by atoms with van der Waals surface area (Å²) < 4.78 is 0. The zero-order chi connectivity index (χ0) is 12.7. The number of amides is 1. The minimum atomic E-state index is -0.537. The summed E-state index contributed by atoms with van der Waals surface area (Å²) in [5, 5.41) is 8.90. The summed E-state index contributed by atoms with van der Waals surface area (Å²) in [7, 11) is 3.51. The average molecular weight is 227 g/mol. The Bertz CT molecular complexity index is 481. The van der Waals surface area contributed by atoms with Crippen LogP contribution < -0.4 is 0 Å². The van der Waals surface area contributed by atoms with Crippen LogP contribution in [-0.2, 0) is 4.79 Å². The van der Waals surface area contributed by atoms with Crippen molar-refractivity contribution in [3.8, 4) is 6.07 Å². The number of hydrogen-bond acceptors (Lipinski definition) is 2. The molecule has 0 saturated carbocycles. The summed E-state index contributed by atoms with van der Waals surface area (Å²) in [6.45, 7) is 0. The number of rotatable bonds is 3. The first-order valence-corrected chi connectivity index (χ1v) is 5.05. The van der Waals surface area contributed by atoms with E-state index in [4.69, 9.17) is 5.26 Å². The average Bonchev–Trinajstić information content (AvgIpc) is 2.34. The summed E-state index contributed by atoms with van der Waals surface area (Å²) in [5.74, 6) is -0.537. The van der Waals surface area contributed by atoms with Crippen LogP contribution in [0.4, 0.5) is 0 Å². The number of nitriles is 1. The van der Waals surface area contributed by atoms with Crippen LogP contribution in [0.3, 0.4) is 0 Å². The van der Waals surface area contributed by atoms with Crippen molar-refractivity contribution in [2.24, 2.45) is 4.99 Å². The molecule has 0 aliphatic carbocycles. The van der Waals surface area contributed by atoms with E-state index in [1.54, 1.807) is 19.0 Å². The molecule has 1 aromatic rings. The monoisotopic (exact) mass is 227 g/mol. The van der Waals surface area contributed by atoms with Crippen molar-refractivity contribution >= 4 is 18.3 Å². The van der Waals surface area contributed by atoms with Gasteiger partial charge in [0.1, 0.15) is 11.6 Å². The summed E-state index contributed by atoms with van der Waals surface area (Å²) in [6, 6.07) is 11.0. The molecular formula is C13H13N3O. The van der Waals surface area contributed by atoms with E-state index in [0.717, 1.165) is 5.56 Å². The van der Waals surface area contributed by atoms with Gasteiger partial charge in [-0.05, 0) is 11.6 Å². The van der Waals surface area contributed by atoms with Crippen molar-refractivity contribution in [1.82, 2.24) is 4.90 Å². The van der Waals surface area contributed by atoms with E-state index in [2.05, 4.69) is 4.99 Å². The fourth-order valence-electron chi connectivity index (χ4n) is 1.10. The molecule has 4 nitrogen and oxygen atoms in total. The van der Waals surface area contributed by atoms with E-state index >= 15 is 0 Å². The van der Waals surface area contributed by atoms with Gasteiger partial charge in [-0.15, -0.1) is 0 Å². The zero-order valence-electron chi connectivity index (χ0n) is 9.79. The van der Waals surface area contributed by atoms with Gasteiger partial charge >= 0.3 is 0 Å². The Morgan fingerprint density at radius 3 is 2.53 bits per heavy atom. The van der Waals surface area contributed by atoms with Crippen LogP contribution in [-0.4, -0.2) is 31.2 Å². The highest BCUT2D eigenvalue weighted by Crippen LogP contribution is 2.07. The van der Waals surface area contributed by atoms with Crippen molar-refractivity contribution in [3.05, 3.63) is 41.5 Å². The highest BCUT2D eigenvalue weighted by Gasteiger charge is 2.06. The van der Waals surface area contributed by atoms with E-state index in [-0.39, 0.29) is 5.57 Å². The normalized spacial score (nSPS) is 11.2. The molecule has 0 unspecified atom stereocenters. The van der Waals surface area contributed by atoms with Gasteiger partial charge in [0, 0.05) is 14.1 Å². The van der Waals surface area contributed by atoms with Gasteiger partial charge in [-0.2, -0.15) is 10.3 Å². The molecule has 0 atom stereocenters. The molecule has 0 fully saturated rings. The standard InChI is InChI=1S/C13H13N3O/c1-16(2)10-15-13(17)12(9-14)8-11-6-4-3-5-7-11/h3-8,10H,1-2H3. The first-order chi connectivity index (χ1) is 8.13. The Hall–Kier alpha value is -2.41. The van der Waals surface area contributed by atoms with Gasteiger partial charge in [0.2, 0.25) is 0 Å². The molecule has 0 bridgehead atoms. The second-order valence-electron chi connectivity index (χ2n) is 3.59. The minimum Gasteiger partial charge on any atom is -0.369 e. The number of aliphatic imine (C=N–C) groups is 1. The number of carbonyl (C=O) groups excluding carboxylic acids is 1. The van der Waals surface area contributed by atoms with Gasteiger partial charge in [-0.25, -0.2) is 0 Å². The molecule has 0 heterocycles. The van der Waals surface area contributed by atoms with E-state index < -0.39 is 5.91 Å². The molecule has 17 heavy (non-hydrogen) atoms. The van der Waals surface area contributed by atoms with E-state index in [9.17, 15) is 4.79 Å². The molecule has 1 amide bonds. The summed E-state index contributed by atoms with van der Waals surface area (Å²) in [6.07, 6.45) is 2.90. The summed E-state index contributed by atoms with van der Waals surface area (Å²) in [5.41, 5.74) is 0.826. The number of nitrogens with zero attached hydrogens (tertiary/aromatic N) is 3. The molecule has 0 saturated heterocycles. The molecule has 0 aliphatic rings. The molecule has 0 radical (unpaired) electrons. The van der Waals surface area contributed by atoms with Gasteiger partial charge in [0.25, 0.3) is 5.91 Å². The number of hydrogen-bond donors (Lipinski definition) is 0.